The average molecular weight is 401 g/mol. The van der Waals surface area contributed by atoms with E-state index in [0.717, 1.165) is 33.7 Å². The van der Waals surface area contributed by atoms with Crippen LogP contribution in [0, 0.1) is 0 Å². The molecule has 5 heteroatoms. The van der Waals surface area contributed by atoms with E-state index in [1.165, 1.54) is 5.56 Å². The minimum absolute atomic E-state index is 0.0725. The van der Waals surface area contributed by atoms with E-state index in [9.17, 15) is 0 Å². The minimum Gasteiger partial charge on any atom is -0.383 e. The van der Waals surface area contributed by atoms with Crippen LogP contribution >= 0.6 is 0 Å². The van der Waals surface area contributed by atoms with Gasteiger partial charge in [0.05, 0.1) is 12.0 Å². The van der Waals surface area contributed by atoms with E-state index in [2.05, 4.69) is 95.4 Å². The Bertz CT molecular complexity index is 1140. The molecule has 0 aliphatic rings. The summed E-state index contributed by atoms with van der Waals surface area (Å²) in [7, 11) is 1.70. The zero-order valence-corrected chi connectivity index (χ0v) is 18.0. The highest BCUT2D eigenvalue weighted by molar-refractivity contribution is 6.02. The van der Waals surface area contributed by atoms with Gasteiger partial charge < -0.3 is 14.6 Å². The highest BCUT2D eigenvalue weighted by Gasteiger charge is 2.19. The number of aromatic nitrogens is 3. The molecule has 4 aromatic rings. The first kappa shape index (κ1) is 20.1. The summed E-state index contributed by atoms with van der Waals surface area (Å²) < 4.78 is 7.36. The number of benzene rings is 2. The molecule has 0 radical (unpaired) electrons. The van der Waals surface area contributed by atoms with Gasteiger partial charge in [0.2, 0.25) is 0 Å². The standard InChI is InChI=1S/C25H28N4O/c1-25(2,3)19-11-8-12-20(15-19)29-16-21(18-9-6-5-7-10-18)22-23(26-13-14-30-4)27-17-28-24(22)29/h5-12,15-17H,13-14H2,1-4H3,(H,26,27,28). The second-order valence-corrected chi connectivity index (χ2v) is 8.42. The topological polar surface area (TPSA) is 52.0 Å². The van der Waals surface area contributed by atoms with Gasteiger partial charge in [-0.05, 0) is 28.7 Å². The van der Waals surface area contributed by atoms with Crippen LogP contribution in [-0.2, 0) is 10.2 Å². The Morgan fingerprint density at radius 3 is 2.53 bits per heavy atom. The number of ether oxygens (including phenoxy) is 1. The van der Waals surface area contributed by atoms with Crippen LogP contribution in [0.2, 0.25) is 0 Å². The SMILES string of the molecule is COCCNc1ncnc2c1c(-c1ccccc1)cn2-c1cccc(C(C)(C)C)c1. The van der Waals surface area contributed by atoms with Crippen molar-refractivity contribution in [3.63, 3.8) is 0 Å². The highest BCUT2D eigenvalue weighted by atomic mass is 16.5. The van der Waals surface area contributed by atoms with Crippen molar-refractivity contribution in [2.24, 2.45) is 0 Å². The summed E-state index contributed by atoms with van der Waals surface area (Å²) in [5, 5.41) is 4.42. The van der Waals surface area contributed by atoms with Crippen molar-refractivity contribution in [2.75, 3.05) is 25.6 Å². The summed E-state index contributed by atoms with van der Waals surface area (Å²) >= 11 is 0. The smallest absolute Gasteiger partial charge is 0.150 e. The molecule has 4 rings (SSSR count). The molecule has 0 unspecified atom stereocenters. The third-order valence-corrected chi connectivity index (χ3v) is 5.26. The lowest BCUT2D eigenvalue weighted by Crippen LogP contribution is -2.11. The fraction of sp³-hybridized carbons (Fsp3) is 0.280. The van der Waals surface area contributed by atoms with Gasteiger partial charge in [0.25, 0.3) is 0 Å². The molecular formula is C25H28N4O. The second-order valence-electron chi connectivity index (χ2n) is 8.42. The van der Waals surface area contributed by atoms with Crippen LogP contribution in [0.5, 0.6) is 0 Å². The maximum atomic E-state index is 5.20. The highest BCUT2D eigenvalue weighted by Crippen LogP contribution is 2.36. The molecule has 0 atom stereocenters. The lowest BCUT2D eigenvalue weighted by molar-refractivity contribution is 0.210. The van der Waals surface area contributed by atoms with Gasteiger partial charge in [-0.2, -0.15) is 0 Å². The maximum Gasteiger partial charge on any atom is 0.150 e. The number of fused-ring (bicyclic) bond motifs is 1. The molecule has 0 aliphatic heterocycles. The molecule has 2 heterocycles. The van der Waals surface area contributed by atoms with Crippen molar-refractivity contribution >= 4 is 16.9 Å². The molecule has 0 aliphatic carbocycles. The Hall–Kier alpha value is -3.18. The number of anilines is 1. The van der Waals surface area contributed by atoms with Crippen LogP contribution in [-0.4, -0.2) is 34.8 Å². The normalized spacial score (nSPS) is 11.7. The predicted octanol–water partition coefficient (Wildman–Crippen LogP) is 5.44. The third-order valence-electron chi connectivity index (χ3n) is 5.26. The van der Waals surface area contributed by atoms with E-state index in [1.54, 1.807) is 13.4 Å². The summed E-state index contributed by atoms with van der Waals surface area (Å²) in [4.78, 5) is 9.20. The summed E-state index contributed by atoms with van der Waals surface area (Å²) in [6.45, 7) is 7.99. The summed E-state index contributed by atoms with van der Waals surface area (Å²) in [5.41, 5.74) is 5.58. The van der Waals surface area contributed by atoms with Crippen LogP contribution < -0.4 is 5.32 Å². The van der Waals surface area contributed by atoms with Gasteiger partial charge in [-0.3, -0.25) is 0 Å². The predicted molar refractivity (Wildman–Crippen MR) is 123 cm³/mol. The lowest BCUT2D eigenvalue weighted by Gasteiger charge is -2.20. The van der Waals surface area contributed by atoms with Crippen LogP contribution in [0.1, 0.15) is 26.3 Å². The molecular weight excluding hydrogens is 372 g/mol. The Balaban J connectivity index is 1.93. The van der Waals surface area contributed by atoms with E-state index >= 15 is 0 Å². The summed E-state index contributed by atoms with van der Waals surface area (Å²) in [6, 6.07) is 19.1. The van der Waals surface area contributed by atoms with Crippen LogP contribution in [0.15, 0.2) is 67.1 Å². The monoisotopic (exact) mass is 400 g/mol. The lowest BCUT2D eigenvalue weighted by atomic mass is 9.87. The fourth-order valence-corrected chi connectivity index (χ4v) is 3.62. The molecule has 0 bridgehead atoms. The minimum atomic E-state index is 0.0725. The molecule has 0 saturated carbocycles. The van der Waals surface area contributed by atoms with Crippen LogP contribution in [0.25, 0.3) is 27.8 Å². The fourth-order valence-electron chi connectivity index (χ4n) is 3.62. The number of rotatable bonds is 6. The van der Waals surface area contributed by atoms with E-state index < -0.39 is 0 Å². The Morgan fingerprint density at radius 1 is 1.00 bits per heavy atom. The zero-order valence-electron chi connectivity index (χ0n) is 18.0. The van der Waals surface area contributed by atoms with E-state index in [-0.39, 0.29) is 5.41 Å². The third kappa shape index (κ3) is 3.94. The van der Waals surface area contributed by atoms with Crippen molar-refractivity contribution in [3.05, 3.63) is 72.7 Å². The van der Waals surface area contributed by atoms with Crippen molar-refractivity contribution in [1.29, 1.82) is 0 Å². The number of hydrogen-bond donors (Lipinski definition) is 1. The van der Waals surface area contributed by atoms with Crippen LogP contribution in [0.3, 0.4) is 0 Å². The van der Waals surface area contributed by atoms with Crippen molar-refractivity contribution in [1.82, 2.24) is 14.5 Å². The molecule has 2 aromatic carbocycles. The van der Waals surface area contributed by atoms with Gasteiger partial charge in [0.1, 0.15) is 12.1 Å². The van der Waals surface area contributed by atoms with E-state index in [1.807, 2.05) is 6.07 Å². The van der Waals surface area contributed by atoms with Gasteiger partial charge in [0.15, 0.2) is 5.65 Å². The average Bonchev–Trinajstić information content (AvgIpc) is 3.15. The van der Waals surface area contributed by atoms with Crippen molar-refractivity contribution in [3.8, 4) is 16.8 Å². The Kier molecular flexibility index (Phi) is 5.55. The molecule has 0 fully saturated rings. The van der Waals surface area contributed by atoms with Gasteiger partial charge >= 0.3 is 0 Å². The number of nitrogens with zero attached hydrogens (tertiary/aromatic N) is 3. The van der Waals surface area contributed by atoms with Crippen molar-refractivity contribution < 1.29 is 4.74 Å². The molecule has 5 nitrogen and oxygen atoms in total. The molecule has 0 spiro atoms. The second kappa shape index (κ2) is 8.28. The van der Waals surface area contributed by atoms with E-state index in [0.29, 0.717) is 13.2 Å². The van der Waals surface area contributed by atoms with Gasteiger partial charge in [0, 0.05) is 31.1 Å². The zero-order chi connectivity index (χ0) is 21.1. The number of methoxy groups -OCH3 is 1. The molecule has 2 aromatic heterocycles. The first-order valence-corrected chi connectivity index (χ1v) is 10.2. The van der Waals surface area contributed by atoms with Gasteiger partial charge in [-0.15, -0.1) is 0 Å². The summed E-state index contributed by atoms with van der Waals surface area (Å²) in [6.07, 6.45) is 3.79. The molecule has 1 N–H and O–H groups in total. The number of hydrogen-bond acceptors (Lipinski definition) is 4. The molecule has 30 heavy (non-hydrogen) atoms. The van der Waals surface area contributed by atoms with Crippen LogP contribution in [0.4, 0.5) is 5.82 Å². The summed E-state index contributed by atoms with van der Waals surface area (Å²) in [5.74, 6) is 0.821. The molecule has 0 amide bonds. The Labute approximate surface area is 177 Å². The first-order valence-electron chi connectivity index (χ1n) is 10.2. The van der Waals surface area contributed by atoms with Gasteiger partial charge in [-0.25, -0.2) is 9.97 Å². The van der Waals surface area contributed by atoms with Gasteiger partial charge in [-0.1, -0.05) is 63.2 Å². The number of nitrogens with one attached hydrogen (secondary N) is 1. The quantitative estimate of drug-likeness (QED) is 0.438. The maximum absolute atomic E-state index is 5.20. The Morgan fingerprint density at radius 2 is 1.80 bits per heavy atom. The largest absolute Gasteiger partial charge is 0.383 e. The first-order chi connectivity index (χ1) is 14.5. The van der Waals surface area contributed by atoms with E-state index in [4.69, 9.17) is 4.74 Å². The molecule has 0 saturated heterocycles. The van der Waals surface area contributed by atoms with Crippen molar-refractivity contribution in [2.45, 2.75) is 26.2 Å². The molecule has 154 valence electrons.